The van der Waals surface area contributed by atoms with Crippen LogP contribution in [0.15, 0.2) is 30.3 Å². The number of amides is 1. The maximum Gasteiger partial charge on any atom is 0.408 e. The van der Waals surface area contributed by atoms with Gasteiger partial charge in [0.15, 0.2) is 6.29 Å². The van der Waals surface area contributed by atoms with E-state index in [1.807, 2.05) is 58.0 Å². The molecule has 0 aromatic heterocycles. The van der Waals surface area contributed by atoms with Gasteiger partial charge in [0.1, 0.15) is 6.61 Å². The van der Waals surface area contributed by atoms with Crippen molar-refractivity contribution in [3.05, 3.63) is 35.9 Å². The number of hydrogen-bond donors (Lipinski definition) is 1. The number of rotatable bonds is 10. The molecule has 1 aromatic carbocycles. The molecule has 0 bridgehead atoms. The van der Waals surface area contributed by atoms with Crippen molar-refractivity contribution in [2.24, 2.45) is 0 Å². The van der Waals surface area contributed by atoms with Crippen LogP contribution in [0.4, 0.5) is 4.79 Å². The van der Waals surface area contributed by atoms with Crippen LogP contribution in [0.1, 0.15) is 33.3 Å². The summed E-state index contributed by atoms with van der Waals surface area (Å²) in [4.78, 5) is 11.9. The molecule has 1 N–H and O–H groups in total. The number of alkyl carbamates (subject to hydrolysis) is 1. The van der Waals surface area contributed by atoms with E-state index in [-0.39, 0.29) is 25.3 Å². The molecule has 1 atom stereocenters. The zero-order valence-electron chi connectivity index (χ0n) is 15.5. The Morgan fingerprint density at radius 1 is 1.08 bits per heavy atom. The lowest BCUT2D eigenvalue weighted by Gasteiger charge is -2.40. The third-order valence-corrected chi connectivity index (χ3v) is 7.74. The van der Waals surface area contributed by atoms with Crippen LogP contribution in [0.5, 0.6) is 0 Å². The highest BCUT2D eigenvalue weighted by atomic mass is 35.5. The Morgan fingerprint density at radius 3 is 2.12 bits per heavy atom. The van der Waals surface area contributed by atoms with Crippen molar-refractivity contribution < 1.29 is 35.3 Å². The molecule has 0 fully saturated rings. The minimum absolute atomic E-state index is 0. The van der Waals surface area contributed by atoms with Crippen LogP contribution < -0.4 is 17.7 Å². The lowest BCUT2D eigenvalue weighted by Crippen LogP contribution is -3.00. The molecule has 6 nitrogen and oxygen atoms in total. The van der Waals surface area contributed by atoms with E-state index < -0.39 is 13.6 Å². The van der Waals surface area contributed by atoms with Gasteiger partial charge >= 0.3 is 13.6 Å². The fourth-order valence-corrected chi connectivity index (χ4v) is 5.44. The number of carbonyl (C=O) groups excluding carboxylic acids is 1. The number of nitrogens with zero attached hydrogens (tertiary/aromatic N) is 1. The maximum atomic E-state index is 13.4. The van der Waals surface area contributed by atoms with Gasteiger partial charge in [0, 0.05) is 0 Å². The Balaban J connectivity index is 0.00000576. The molecule has 0 spiro atoms. The van der Waals surface area contributed by atoms with Crippen LogP contribution >= 0.6 is 7.52 Å². The van der Waals surface area contributed by atoms with E-state index in [2.05, 4.69) is 5.32 Å². The van der Waals surface area contributed by atoms with Crippen molar-refractivity contribution in [1.82, 2.24) is 5.32 Å². The summed E-state index contributed by atoms with van der Waals surface area (Å²) in [5.74, 6) is 0. The highest BCUT2D eigenvalue weighted by Gasteiger charge is 2.45. The monoisotopic (exact) mass is 392 g/mol. The van der Waals surface area contributed by atoms with Gasteiger partial charge < -0.3 is 22.5 Å². The van der Waals surface area contributed by atoms with Crippen molar-refractivity contribution in [1.29, 1.82) is 0 Å². The number of benzene rings is 1. The molecule has 1 amide bonds. The third kappa shape index (κ3) is 6.30. The molecule has 0 saturated heterocycles. The number of nitrogens with one attached hydrogen (secondary N) is 1. The van der Waals surface area contributed by atoms with Crippen LogP contribution in [0, 0.1) is 0 Å². The molecule has 1 rings (SSSR count). The summed E-state index contributed by atoms with van der Waals surface area (Å²) in [6, 6.07) is 9.43. The average molecular weight is 393 g/mol. The number of hydrogen-bond acceptors (Lipinski definition) is 4. The Bertz CT molecular complexity index is 545. The molecule has 144 valence electrons. The van der Waals surface area contributed by atoms with Crippen molar-refractivity contribution in [2.45, 2.75) is 34.3 Å². The average Bonchev–Trinajstić information content (AvgIpc) is 2.61. The molecule has 0 aliphatic carbocycles. The fraction of sp³-hybridized carbons (Fsp3) is 0.588. The third-order valence-electron chi connectivity index (χ3n) is 4.38. The van der Waals surface area contributed by atoms with Gasteiger partial charge in [-0.2, -0.15) is 0 Å². The van der Waals surface area contributed by atoms with Gasteiger partial charge in [-0.25, -0.2) is 9.36 Å². The first-order chi connectivity index (χ1) is 11.5. The lowest BCUT2D eigenvalue weighted by atomic mass is 10.2. The summed E-state index contributed by atoms with van der Waals surface area (Å²) in [6.45, 7) is 10.4. The maximum absolute atomic E-state index is 13.4. The van der Waals surface area contributed by atoms with Crippen molar-refractivity contribution in [3.8, 4) is 0 Å². The van der Waals surface area contributed by atoms with Crippen LogP contribution in [0.25, 0.3) is 0 Å². The fourth-order valence-electron chi connectivity index (χ4n) is 2.78. The van der Waals surface area contributed by atoms with Gasteiger partial charge in [-0.1, -0.05) is 30.3 Å². The largest absolute Gasteiger partial charge is 1.00 e. The number of halogens is 1. The minimum atomic E-state index is -3.08. The van der Waals surface area contributed by atoms with E-state index in [0.717, 1.165) is 5.56 Å². The Hall–Kier alpha value is -1.07. The molecule has 0 aliphatic rings. The first kappa shape index (κ1) is 23.9. The van der Waals surface area contributed by atoms with Gasteiger partial charge in [0.2, 0.25) is 0 Å². The van der Waals surface area contributed by atoms with Gasteiger partial charge in [0.05, 0.1) is 26.2 Å². The second-order valence-electron chi connectivity index (χ2n) is 5.50. The van der Waals surface area contributed by atoms with E-state index in [1.165, 1.54) is 0 Å². The molecule has 0 aliphatic heterocycles. The molecule has 0 heterocycles. The number of ether oxygens (including phenoxy) is 1. The summed E-state index contributed by atoms with van der Waals surface area (Å²) < 4.78 is 24.6. The minimum Gasteiger partial charge on any atom is -1.00 e. The van der Waals surface area contributed by atoms with E-state index in [1.54, 1.807) is 0 Å². The predicted molar refractivity (Wildman–Crippen MR) is 95.7 cm³/mol. The smallest absolute Gasteiger partial charge is 0.408 e. The second-order valence-corrected chi connectivity index (χ2v) is 8.19. The summed E-state index contributed by atoms with van der Waals surface area (Å²) >= 11 is 0. The standard InChI is InChI=1S/C17H29N2O4P.ClH/c1-5-19(6-2,7-3)24(21,23-8-4)15-18-17(20)22-14-16-12-10-9-11-13-16;/h9-13H,5-8,14-15H2,1-4H3;1H. The van der Waals surface area contributed by atoms with E-state index >= 15 is 0 Å². The summed E-state index contributed by atoms with van der Waals surface area (Å²) in [5, 5.41) is 2.62. The molecular weight excluding hydrogens is 363 g/mol. The zero-order chi connectivity index (χ0) is 18.1. The van der Waals surface area contributed by atoms with Crippen LogP contribution in [-0.2, 0) is 20.4 Å². The van der Waals surface area contributed by atoms with Crippen LogP contribution in [-0.4, -0.2) is 42.9 Å². The van der Waals surface area contributed by atoms with E-state index in [9.17, 15) is 9.36 Å². The number of carbonyl (C=O) groups is 1. The Kier molecular flexibility index (Phi) is 11.0. The van der Waals surface area contributed by atoms with Crippen molar-refractivity contribution in [3.63, 3.8) is 0 Å². The zero-order valence-corrected chi connectivity index (χ0v) is 17.2. The van der Waals surface area contributed by atoms with Crippen LogP contribution in [0.3, 0.4) is 0 Å². The first-order valence-corrected chi connectivity index (χ1v) is 10.3. The molecule has 25 heavy (non-hydrogen) atoms. The van der Waals surface area contributed by atoms with Gasteiger partial charge in [-0.3, -0.25) is 8.78 Å². The molecule has 1 unspecified atom stereocenters. The first-order valence-electron chi connectivity index (χ1n) is 8.51. The van der Waals surface area contributed by atoms with Crippen LogP contribution in [0.2, 0.25) is 0 Å². The quantitative estimate of drug-likeness (QED) is 0.603. The Labute approximate surface area is 157 Å². The van der Waals surface area contributed by atoms with E-state index in [4.69, 9.17) is 9.26 Å². The summed E-state index contributed by atoms with van der Waals surface area (Å²) in [5.41, 5.74) is 0.904. The Morgan fingerprint density at radius 2 is 1.64 bits per heavy atom. The van der Waals surface area contributed by atoms with Crippen molar-refractivity contribution >= 4 is 13.6 Å². The predicted octanol–water partition coefficient (Wildman–Crippen LogP) is 0.980. The second kappa shape index (κ2) is 11.5. The van der Waals surface area contributed by atoms with Crippen molar-refractivity contribution in [2.75, 3.05) is 32.5 Å². The normalized spacial score (nSPS) is 13.4. The van der Waals surface area contributed by atoms with Gasteiger partial charge in [-0.15, -0.1) is 0 Å². The molecule has 0 radical (unpaired) electrons. The molecule has 8 heteroatoms. The molecule has 1 aromatic rings. The number of quaternary nitrogens is 1. The highest BCUT2D eigenvalue weighted by Crippen LogP contribution is 2.55. The SMILES string of the molecule is CCOP(=O)(CNC(=O)OCc1ccccc1)[N+](CC)(CC)CC.[Cl-]. The molecular formula is C17H30ClN2O4P. The van der Waals surface area contributed by atoms with Gasteiger partial charge in [-0.05, 0) is 33.3 Å². The van der Waals surface area contributed by atoms with Gasteiger partial charge in [0.25, 0.3) is 0 Å². The summed E-state index contributed by atoms with van der Waals surface area (Å²) in [7, 11) is -3.08. The summed E-state index contributed by atoms with van der Waals surface area (Å²) in [6.07, 6.45) is -0.607. The lowest BCUT2D eigenvalue weighted by molar-refractivity contribution is -0.812. The molecule has 0 saturated carbocycles. The topological polar surface area (TPSA) is 64.6 Å². The van der Waals surface area contributed by atoms with E-state index in [0.29, 0.717) is 30.5 Å². The highest BCUT2D eigenvalue weighted by molar-refractivity contribution is 7.53.